The van der Waals surface area contributed by atoms with E-state index < -0.39 is 40.5 Å². The van der Waals surface area contributed by atoms with E-state index in [2.05, 4.69) is 10.2 Å². The van der Waals surface area contributed by atoms with E-state index in [9.17, 15) is 22.0 Å². The Labute approximate surface area is 116 Å². The molecule has 0 bridgehead atoms. The summed E-state index contributed by atoms with van der Waals surface area (Å²) >= 11 is 0. The second-order valence-corrected chi connectivity index (χ2v) is 4.55. The Morgan fingerprint density at radius 3 is 1.81 bits per heavy atom. The van der Waals surface area contributed by atoms with Gasteiger partial charge in [0.2, 0.25) is 5.82 Å². The van der Waals surface area contributed by atoms with Crippen molar-refractivity contribution in [3.8, 4) is 11.4 Å². The molecule has 0 spiro atoms. The van der Waals surface area contributed by atoms with Gasteiger partial charge in [0, 0.05) is 6.04 Å². The number of benzene rings is 1. The lowest BCUT2D eigenvalue weighted by Gasteiger charge is -2.14. The van der Waals surface area contributed by atoms with Crippen LogP contribution in [0.5, 0.6) is 0 Å². The van der Waals surface area contributed by atoms with Crippen molar-refractivity contribution in [1.82, 2.24) is 14.8 Å². The lowest BCUT2D eigenvalue weighted by molar-refractivity contribution is 0.380. The van der Waals surface area contributed by atoms with E-state index in [0.29, 0.717) is 0 Å². The first-order chi connectivity index (χ1) is 9.81. The Hall–Kier alpha value is -2.03. The van der Waals surface area contributed by atoms with Gasteiger partial charge in [-0.25, -0.2) is 22.0 Å². The van der Waals surface area contributed by atoms with Crippen LogP contribution in [0.2, 0.25) is 0 Å². The molecule has 0 unspecified atom stereocenters. The zero-order chi connectivity index (χ0) is 15.9. The minimum Gasteiger partial charge on any atom is -0.324 e. The molecule has 21 heavy (non-hydrogen) atoms. The van der Waals surface area contributed by atoms with E-state index in [1.165, 1.54) is 4.57 Å². The summed E-state index contributed by atoms with van der Waals surface area (Å²) in [7, 11) is 0. The Balaban J connectivity index is 2.83. The summed E-state index contributed by atoms with van der Waals surface area (Å²) < 4.78 is 68.4. The number of hydrogen-bond acceptors (Lipinski definition) is 3. The van der Waals surface area contributed by atoms with Crippen molar-refractivity contribution in [3.63, 3.8) is 0 Å². The van der Waals surface area contributed by atoms with Gasteiger partial charge >= 0.3 is 0 Å². The van der Waals surface area contributed by atoms with E-state index in [0.717, 1.165) is 0 Å². The maximum Gasteiger partial charge on any atom is 0.200 e. The molecular formula is C12H11F5N4. The third kappa shape index (κ3) is 2.27. The lowest BCUT2D eigenvalue weighted by atomic mass is 10.1. The van der Waals surface area contributed by atoms with Gasteiger partial charge in [0.1, 0.15) is 5.82 Å². The van der Waals surface area contributed by atoms with Crippen molar-refractivity contribution in [2.45, 2.75) is 26.4 Å². The summed E-state index contributed by atoms with van der Waals surface area (Å²) in [6.07, 6.45) is 0. The Morgan fingerprint density at radius 1 is 0.905 bits per heavy atom. The maximum atomic E-state index is 13.8. The van der Waals surface area contributed by atoms with Crippen LogP contribution >= 0.6 is 0 Å². The van der Waals surface area contributed by atoms with Gasteiger partial charge in [0.15, 0.2) is 29.1 Å². The highest BCUT2D eigenvalue weighted by Gasteiger charge is 2.30. The fourth-order valence-corrected chi connectivity index (χ4v) is 1.98. The van der Waals surface area contributed by atoms with Gasteiger partial charge in [-0.2, -0.15) is 0 Å². The second-order valence-electron chi connectivity index (χ2n) is 4.55. The molecular weight excluding hydrogens is 295 g/mol. The Kier molecular flexibility index (Phi) is 3.95. The van der Waals surface area contributed by atoms with Gasteiger partial charge in [0.05, 0.1) is 12.1 Å². The van der Waals surface area contributed by atoms with Gasteiger partial charge < -0.3 is 10.3 Å². The van der Waals surface area contributed by atoms with Crippen LogP contribution in [0.4, 0.5) is 22.0 Å². The highest BCUT2D eigenvalue weighted by atomic mass is 19.2. The molecule has 0 saturated heterocycles. The van der Waals surface area contributed by atoms with Gasteiger partial charge in [-0.15, -0.1) is 10.2 Å². The SMILES string of the molecule is CC(C)n1c(CN)nnc1-c1c(F)c(F)c(F)c(F)c1F. The average Bonchev–Trinajstić information content (AvgIpc) is 2.87. The van der Waals surface area contributed by atoms with Gasteiger partial charge in [-0.1, -0.05) is 0 Å². The summed E-state index contributed by atoms with van der Waals surface area (Å²) in [4.78, 5) is 0. The molecule has 2 aromatic rings. The predicted molar refractivity (Wildman–Crippen MR) is 63.5 cm³/mol. The maximum absolute atomic E-state index is 13.8. The van der Waals surface area contributed by atoms with Gasteiger partial charge in [-0.3, -0.25) is 0 Å². The monoisotopic (exact) mass is 306 g/mol. The topological polar surface area (TPSA) is 56.7 Å². The van der Waals surface area contributed by atoms with Crippen LogP contribution in [-0.4, -0.2) is 14.8 Å². The highest BCUT2D eigenvalue weighted by Crippen LogP contribution is 2.32. The predicted octanol–water partition coefficient (Wildman–Crippen LogP) is 2.68. The molecule has 1 aromatic carbocycles. The van der Waals surface area contributed by atoms with Crippen LogP contribution in [0.25, 0.3) is 11.4 Å². The molecule has 2 rings (SSSR count). The van der Waals surface area contributed by atoms with Crippen LogP contribution in [0.15, 0.2) is 0 Å². The van der Waals surface area contributed by atoms with Crippen molar-refractivity contribution in [2.24, 2.45) is 5.73 Å². The van der Waals surface area contributed by atoms with Gasteiger partial charge in [0.25, 0.3) is 0 Å². The molecule has 0 aliphatic carbocycles. The van der Waals surface area contributed by atoms with Crippen LogP contribution < -0.4 is 5.73 Å². The molecule has 0 saturated carbocycles. The third-order valence-corrected chi connectivity index (χ3v) is 2.90. The molecule has 9 heteroatoms. The summed E-state index contributed by atoms with van der Waals surface area (Å²) in [6.45, 7) is 3.18. The molecule has 0 atom stereocenters. The summed E-state index contributed by atoms with van der Waals surface area (Å²) in [5.74, 6) is -10.5. The quantitative estimate of drug-likeness (QED) is 0.539. The van der Waals surface area contributed by atoms with Crippen molar-refractivity contribution in [1.29, 1.82) is 0 Å². The Bertz CT molecular complexity index is 666. The van der Waals surface area contributed by atoms with Crippen LogP contribution in [0, 0.1) is 29.1 Å². The number of nitrogens with two attached hydrogens (primary N) is 1. The minimum absolute atomic E-state index is 0.0966. The molecule has 1 aromatic heterocycles. The van der Waals surface area contributed by atoms with Crippen LogP contribution in [0.3, 0.4) is 0 Å². The minimum atomic E-state index is -2.22. The summed E-state index contributed by atoms with van der Waals surface area (Å²) in [6, 6.07) is -0.386. The molecule has 0 fully saturated rings. The van der Waals surface area contributed by atoms with Crippen LogP contribution in [-0.2, 0) is 6.54 Å². The van der Waals surface area contributed by atoms with E-state index in [1.807, 2.05) is 0 Å². The van der Waals surface area contributed by atoms with Crippen LogP contribution in [0.1, 0.15) is 25.7 Å². The van der Waals surface area contributed by atoms with Crippen molar-refractivity contribution in [3.05, 3.63) is 34.9 Å². The average molecular weight is 306 g/mol. The largest absolute Gasteiger partial charge is 0.324 e. The highest BCUT2D eigenvalue weighted by molar-refractivity contribution is 5.58. The summed E-state index contributed by atoms with van der Waals surface area (Å²) in [5, 5.41) is 7.12. The van der Waals surface area contributed by atoms with Crippen molar-refractivity contribution in [2.75, 3.05) is 0 Å². The zero-order valence-electron chi connectivity index (χ0n) is 11.1. The number of halogens is 5. The molecule has 114 valence electrons. The molecule has 2 N–H and O–H groups in total. The number of aromatic nitrogens is 3. The molecule has 0 aliphatic heterocycles. The summed E-state index contributed by atoms with van der Waals surface area (Å²) in [5.41, 5.74) is 4.30. The van der Waals surface area contributed by atoms with E-state index in [4.69, 9.17) is 5.73 Å². The van der Waals surface area contributed by atoms with Crippen molar-refractivity contribution < 1.29 is 22.0 Å². The van der Waals surface area contributed by atoms with E-state index in [1.54, 1.807) is 13.8 Å². The molecule has 4 nitrogen and oxygen atoms in total. The number of hydrogen-bond donors (Lipinski definition) is 1. The fraction of sp³-hybridized carbons (Fsp3) is 0.333. The lowest BCUT2D eigenvalue weighted by Crippen LogP contribution is -2.13. The standard InChI is InChI=1S/C12H11F5N4/c1-4(2)21-5(3-18)19-20-12(21)6-7(13)9(15)11(17)10(16)8(6)14/h4H,3,18H2,1-2H3. The third-order valence-electron chi connectivity index (χ3n) is 2.90. The first kappa shape index (κ1) is 15.4. The van der Waals surface area contributed by atoms with E-state index >= 15 is 0 Å². The Morgan fingerprint density at radius 2 is 1.38 bits per heavy atom. The zero-order valence-corrected chi connectivity index (χ0v) is 11.1. The molecule has 1 heterocycles. The molecule has 0 amide bonds. The normalized spacial score (nSPS) is 11.5. The fourth-order valence-electron chi connectivity index (χ4n) is 1.98. The second kappa shape index (κ2) is 5.40. The first-order valence-electron chi connectivity index (χ1n) is 5.96. The van der Waals surface area contributed by atoms with Crippen molar-refractivity contribution >= 4 is 0 Å². The smallest absolute Gasteiger partial charge is 0.200 e. The van der Waals surface area contributed by atoms with E-state index in [-0.39, 0.29) is 18.4 Å². The number of nitrogens with zero attached hydrogens (tertiary/aromatic N) is 3. The molecule has 0 aliphatic rings. The molecule has 0 radical (unpaired) electrons. The first-order valence-corrected chi connectivity index (χ1v) is 5.96. The number of rotatable bonds is 3. The van der Waals surface area contributed by atoms with Gasteiger partial charge in [-0.05, 0) is 13.8 Å².